The Hall–Kier alpha value is -2.21. The second-order valence-corrected chi connectivity index (χ2v) is 7.59. The van der Waals surface area contributed by atoms with Gasteiger partial charge in [0.25, 0.3) is 0 Å². The van der Waals surface area contributed by atoms with E-state index in [9.17, 15) is 0 Å². The molecule has 3 heterocycles. The van der Waals surface area contributed by atoms with Crippen molar-refractivity contribution in [2.75, 3.05) is 38.1 Å². The molecule has 0 amide bonds. The van der Waals surface area contributed by atoms with Crippen LogP contribution >= 0.6 is 11.6 Å². The molecule has 144 valence electrons. The van der Waals surface area contributed by atoms with Gasteiger partial charge in [-0.1, -0.05) is 17.7 Å². The van der Waals surface area contributed by atoms with Crippen LogP contribution in [0.15, 0.2) is 35.5 Å². The zero-order chi connectivity index (χ0) is 18.6. The number of piperazine rings is 1. The van der Waals surface area contributed by atoms with Crippen molar-refractivity contribution in [3.63, 3.8) is 0 Å². The zero-order valence-electron chi connectivity index (χ0n) is 15.9. The van der Waals surface area contributed by atoms with Crippen LogP contribution in [0.4, 0.5) is 5.69 Å². The summed E-state index contributed by atoms with van der Waals surface area (Å²) in [5, 5.41) is 4.28. The van der Waals surface area contributed by atoms with Crippen LogP contribution in [-0.2, 0) is 19.5 Å². The summed E-state index contributed by atoms with van der Waals surface area (Å²) < 4.78 is 2.30. The number of nitrogens with one attached hydrogen (secondary N) is 1. The average Bonchev–Trinajstić information content (AvgIpc) is 3.12. The summed E-state index contributed by atoms with van der Waals surface area (Å²) in [7, 11) is 1.85. The number of benzene rings is 1. The van der Waals surface area contributed by atoms with E-state index in [4.69, 9.17) is 16.6 Å². The van der Waals surface area contributed by atoms with Crippen molar-refractivity contribution in [3.8, 4) is 0 Å². The minimum absolute atomic E-state index is 0.723. The largest absolute Gasteiger partial charge is 0.368 e. The molecule has 0 aliphatic carbocycles. The standard InChI is InChI=1S/C20H27ClN6/c1-22-20(23-14-17-15-27-8-3-2-7-19(27)24-17)26-11-9-25(10-12-26)18-6-4-5-16(21)13-18/h4-6,13,15H,2-3,7-12,14H2,1H3,(H,22,23). The number of imidazole rings is 1. The number of hydrogen-bond donors (Lipinski definition) is 1. The Morgan fingerprint density at radius 2 is 2.04 bits per heavy atom. The number of fused-ring (bicyclic) bond motifs is 1. The van der Waals surface area contributed by atoms with Crippen LogP contribution in [-0.4, -0.2) is 53.6 Å². The molecular weight excluding hydrogens is 360 g/mol. The predicted octanol–water partition coefficient (Wildman–Crippen LogP) is 2.77. The molecule has 0 radical (unpaired) electrons. The lowest BCUT2D eigenvalue weighted by molar-refractivity contribution is 0.372. The van der Waals surface area contributed by atoms with Crippen molar-refractivity contribution >= 4 is 23.2 Å². The number of nitrogens with zero attached hydrogens (tertiary/aromatic N) is 5. The van der Waals surface area contributed by atoms with Crippen LogP contribution in [0, 0.1) is 0 Å². The Morgan fingerprint density at radius 3 is 2.78 bits per heavy atom. The van der Waals surface area contributed by atoms with Crippen LogP contribution in [0.3, 0.4) is 0 Å². The average molecular weight is 387 g/mol. The number of aryl methyl sites for hydroxylation is 2. The predicted molar refractivity (Wildman–Crippen MR) is 111 cm³/mol. The first-order chi connectivity index (χ1) is 13.2. The highest BCUT2D eigenvalue weighted by Crippen LogP contribution is 2.21. The van der Waals surface area contributed by atoms with Crippen molar-refractivity contribution in [2.45, 2.75) is 32.4 Å². The molecule has 2 aromatic rings. The summed E-state index contributed by atoms with van der Waals surface area (Å²) in [5.41, 5.74) is 2.29. The highest BCUT2D eigenvalue weighted by Gasteiger charge is 2.20. The van der Waals surface area contributed by atoms with E-state index >= 15 is 0 Å². The third kappa shape index (κ3) is 4.21. The smallest absolute Gasteiger partial charge is 0.194 e. The summed E-state index contributed by atoms with van der Waals surface area (Å²) in [6, 6.07) is 8.08. The molecule has 7 heteroatoms. The summed E-state index contributed by atoms with van der Waals surface area (Å²) in [5.74, 6) is 2.18. The van der Waals surface area contributed by atoms with Gasteiger partial charge in [-0.2, -0.15) is 0 Å². The van der Waals surface area contributed by atoms with E-state index in [1.54, 1.807) is 0 Å². The normalized spacial score (nSPS) is 17.8. The maximum Gasteiger partial charge on any atom is 0.194 e. The molecule has 1 saturated heterocycles. The van der Waals surface area contributed by atoms with Gasteiger partial charge < -0.3 is 19.7 Å². The Balaban J connectivity index is 1.32. The molecule has 1 N–H and O–H groups in total. The van der Waals surface area contributed by atoms with E-state index in [1.165, 1.54) is 24.4 Å². The fourth-order valence-corrected chi connectivity index (χ4v) is 4.09. The van der Waals surface area contributed by atoms with Crippen LogP contribution in [0.5, 0.6) is 0 Å². The molecule has 1 aromatic carbocycles. The third-order valence-electron chi connectivity index (χ3n) is 5.35. The van der Waals surface area contributed by atoms with E-state index in [-0.39, 0.29) is 0 Å². The molecule has 0 atom stereocenters. The first kappa shape index (κ1) is 18.2. The molecule has 0 spiro atoms. The lowest BCUT2D eigenvalue weighted by Crippen LogP contribution is -2.52. The van der Waals surface area contributed by atoms with Gasteiger partial charge in [0.2, 0.25) is 0 Å². The molecule has 2 aliphatic heterocycles. The maximum atomic E-state index is 6.13. The highest BCUT2D eigenvalue weighted by molar-refractivity contribution is 6.30. The number of anilines is 1. The van der Waals surface area contributed by atoms with Crippen LogP contribution in [0.1, 0.15) is 24.4 Å². The van der Waals surface area contributed by atoms with Crippen molar-refractivity contribution in [3.05, 3.63) is 47.0 Å². The molecule has 4 rings (SSSR count). The Kier molecular flexibility index (Phi) is 5.53. The van der Waals surface area contributed by atoms with Crippen molar-refractivity contribution < 1.29 is 0 Å². The van der Waals surface area contributed by atoms with Gasteiger partial charge in [0.05, 0.1) is 12.2 Å². The first-order valence-corrected chi connectivity index (χ1v) is 10.1. The molecule has 0 unspecified atom stereocenters. The van der Waals surface area contributed by atoms with Crippen molar-refractivity contribution in [1.29, 1.82) is 0 Å². The van der Waals surface area contributed by atoms with Gasteiger partial charge in [-0.05, 0) is 31.0 Å². The molecule has 0 bridgehead atoms. The second-order valence-electron chi connectivity index (χ2n) is 7.15. The molecule has 6 nitrogen and oxygen atoms in total. The molecular formula is C20H27ClN6. The Labute approximate surface area is 165 Å². The lowest BCUT2D eigenvalue weighted by atomic mass is 10.2. The summed E-state index contributed by atoms with van der Waals surface area (Å²) in [6.07, 6.45) is 5.79. The van der Waals surface area contributed by atoms with Gasteiger partial charge in [-0.15, -0.1) is 0 Å². The van der Waals surface area contributed by atoms with E-state index in [1.807, 2.05) is 25.2 Å². The zero-order valence-corrected chi connectivity index (χ0v) is 16.6. The fraction of sp³-hybridized carbons (Fsp3) is 0.500. The highest BCUT2D eigenvalue weighted by atomic mass is 35.5. The summed E-state index contributed by atoms with van der Waals surface area (Å²) in [6.45, 7) is 5.61. The molecule has 1 aromatic heterocycles. The number of halogens is 1. The van der Waals surface area contributed by atoms with Gasteiger partial charge in [0.15, 0.2) is 5.96 Å². The van der Waals surface area contributed by atoms with E-state index in [0.717, 1.165) is 62.4 Å². The monoisotopic (exact) mass is 386 g/mol. The molecule has 2 aliphatic rings. The fourth-order valence-electron chi connectivity index (χ4n) is 3.91. The third-order valence-corrected chi connectivity index (χ3v) is 5.59. The van der Waals surface area contributed by atoms with E-state index in [0.29, 0.717) is 0 Å². The first-order valence-electron chi connectivity index (χ1n) is 9.74. The van der Waals surface area contributed by atoms with Crippen molar-refractivity contribution in [1.82, 2.24) is 19.8 Å². The van der Waals surface area contributed by atoms with E-state index in [2.05, 4.69) is 36.9 Å². The lowest BCUT2D eigenvalue weighted by Gasteiger charge is -2.37. The van der Waals surface area contributed by atoms with E-state index < -0.39 is 0 Å². The number of aliphatic imine (C=N–C) groups is 1. The number of hydrogen-bond acceptors (Lipinski definition) is 3. The molecule has 0 saturated carbocycles. The number of rotatable bonds is 3. The van der Waals surface area contributed by atoms with Crippen LogP contribution in [0.2, 0.25) is 5.02 Å². The molecule has 27 heavy (non-hydrogen) atoms. The minimum Gasteiger partial charge on any atom is -0.368 e. The van der Waals surface area contributed by atoms with Gasteiger partial charge >= 0.3 is 0 Å². The maximum absolute atomic E-state index is 6.13. The summed E-state index contributed by atoms with van der Waals surface area (Å²) in [4.78, 5) is 13.9. The topological polar surface area (TPSA) is 48.7 Å². The van der Waals surface area contributed by atoms with Crippen LogP contribution in [0.25, 0.3) is 0 Å². The quantitative estimate of drug-likeness (QED) is 0.651. The summed E-state index contributed by atoms with van der Waals surface area (Å²) >= 11 is 6.13. The second kappa shape index (κ2) is 8.21. The van der Waals surface area contributed by atoms with Gasteiger partial charge in [-0.25, -0.2) is 4.98 Å². The van der Waals surface area contributed by atoms with Crippen LogP contribution < -0.4 is 10.2 Å². The minimum atomic E-state index is 0.723. The molecule has 1 fully saturated rings. The van der Waals surface area contributed by atoms with Gasteiger partial charge in [0, 0.05) is 63.1 Å². The van der Waals surface area contributed by atoms with Gasteiger partial charge in [-0.3, -0.25) is 4.99 Å². The number of aromatic nitrogens is 2. The Bertz CT molecular complexity index is 783. The number of guanidine groups is 1. The van der Waals surface area contributed by atoms with Crippen molar-refractivity contribution in [2.24, 2.45) is 4.99 Å². The Morgan fingerprint density at radius 1 is 1.19 bits per heavy atom. The SMILES string of the molecule is CN=C(NCc1cn2c(n1)CCCC2)N1CCN(c2cccc(Cl)c2)CC1. The van der Waals surface area contributed by atoms with Gasteiger partial charge in [0.1, 0.15) is 5.82 Å².